The Hall–Kier alpha value is -2.44. The zero-order valence-electron chi connectivity index (χ0n) is 8.92. The van der Waals surface area contributed by atoms with Crippen LogP contribution in [0.1, 0.15) is 5.69 Å². The molecule has 2 N–H and O–H groups in total. The minimum atomic E-state index is -0.630. The van der Waals surface area contributed by atoms with Gasteiger partial charge in [0.15, 0.2) is 0 Å². The molecule has 0 spiro atoms. The van der Waals surface area contributed by atoms with Gasteiger partial charge in [-0.3, -0.25) is 10.1 Å². The number of nitro groups is 1. The molecule has 1 aromatic carbocycles. The van der Waals surface area contributed by atoms with Crippen LogP contribution in [0.25, 0.3) is 5.69 Å². The molecule has 0 unspecified atom stereocenters. The van der Waals surface area contributed by atoms with E-state index in [4.69, 9.17) is 5.73 Å². The average molecular weight is 236 g/mol. The number of para-hydroxylation sites is 1. The summed E-state index contributed by atoms with van der Waals surface area (Å²) in [6, 6.07) is 5.79. The highest BCUT2D eigenvalue weighted by atomic mass is 19.1. The maximum Gasteiger partial charge on any atom is 0.333 e. The lowest BCUT2D eigenvalue weighted by molar-refractivity contribution is -0.384. The molecule has 0 aliphatic heterocycles. The number of nitrogens with zero attached hydrogens (tertiary/aromatic N) is 3. The second kappa shape index (κ2) is 3.85. The summed E-state index contributed by atoms with van der Waals surface area (Å²) in [5.74, 6) is -0.728. The number of halogens is 1. The third-order valence-electron chi connectivity index (χ3n) is 2.33. The molecule has 17 heavy (non-hydrogen) atoms. The van der Waals surface area contributed by atoms with E-state index in [2.05, 4.69) is 5.10 Å². The van der Waals surface area contributed by atoms with E-state index in [9.17, 15) is 14.5 Å². The summed E-state index contributed by atoms with van der Waals surface area (Å²) in [4.78, 5) is 10.1. The van der Waals surface area contributed by atoms with Gasteiger partial charge >= 0.3 is 5.69 Å². The number of benzene rings is 1. The van der Waals surface area contributed by atoms with Crippen LogP contribution in [0.5, 0.6) is 0 Å². The number of nitrogen functional groups attached to an aromatic ring is 1. The zero-order chi connectivity index (χ0) is 12.6. The van der Waals surface area contributed by atoms with E-state index in [-0.39, 0.29) is 22.9 Å². The molecule has 88 valence electrons. The second-order valence-electron chi connectivity index (χ2n) is 3.44. The lowest BCUT2D eigenvalue weighted by Gasteiger charge is -2.03. The molecule has 1 heterocycles. The number of nitrogens with two attached hydrogens (primary N) is 1. The van der Waals surface area contributed by atoms with Crippen molar-refractivity contribution in [3.8, 4) is 5.69 Å². The predicted octanol–water partition coefficient (Wildman–Crippen LogP) is 1.81. The fourth-order valence-electron chi connectivity index (χ4n) is 1.57. The molecule has 7 heteroatoms. The first-order valence-electron chi connectivity index (χ1n) is 4.76. The van der Waals surface area contributed by atoms with Gasteiger partial charge < -0.3 is 5.73 Å². The highest BCUT2D eigenvalue weighted by Crippen LogP contribution is 2.28. The predicted molar refractivity (Wildman–Crippen MR) is 59.3 cm³/mol. The van der Waals surface area contributed by atoms with Crippen LogP contribution in [0, 0.1) is 22.9 Å². The Kier molecular flexibility index (Phi) is 2.51. The van der Waals surface area contributed by atoms with Crippen LogP contribution in [0.4, 0.5) is 15.9 Å². The number of anilines is 1. The molecule has 0 atom stereocenters. The van der Waals surface area contributed by atoms with Crippen molar-refractivity contribution < 1.29 is 9.31 Å². The zero-order valence-corrected chi connectivity index (χ0v) is 8.92. The topological polar surface area (TPSA) is 87.0 Å². The van der Waals surface area contributed by atoms with Crippen molar-refractivity contribution in [3.63, 3.8) is 0 Å². The van der Waals surface area contributed by atoms with Crippen molar-refractivity contribution in [3.05, 3.63) is 45.9 Å². The summed E-state index contributed by atoms with van der Waals surface area (Å²) >= 11 is 0. The molecule has 0 radical (unpaired) electrons. The Morgan fingerprint density at radius 1 is 1.47 bits per heavy atom. The molecule has 0 fully saturated rings. The maximum atomic E-state index is 13.5. The summed E-state index contributed by atoms with van der Waals surface area (Å²) in [5, 5.41) is 14.6. The SMILES string of the molecule is Cc1nn(-c2ccccc2F)c(N)c1[N+](=O)[O-]. The van der Waals surface area contributed by atoms with E-state index in [0.717, 1.165) is 4.68 Å². The van der Waals surface area contributed by atoms with E-state index >= 15 is 0 Å². The van der Waals surface area contributed by atoms with Crippen molar-refractivity contribution in [2.75, 3.05) is 5.73 Å². The standard InChI is InChI=1S/C10H9FN4O2/c1-6-9(15(16)17)10(12)14(13-6)8-5-3-2-4-7(8)11/h2-5H,12H2,1H3. The summed E-state index contributed by atoms with van der Waals surface area (Å²) in [6.07, 6.45) is 0. The van der Waals surface area contributed by atoms with E-state index in [1.165, 1.54) is 25.1 Å². The first-order valence-corrected chi connectivity index (χ1v) is 4.76. The minimum absolute atomic E-state index is 0.0844. The van der Waals surface area contributed by atoms with Crippen LogP contribution >= 0.6 is 0 Å². The van der Waals surface area contributed by atoms with Gasteiger partial charge in [-0.2, -0.15) is 5.10 Å². The summed E-state index contributed by atoms with van der Waals surface area (Å²) in [6.45, 7) is 1.45. The molecule has 0 bridgehead atoms. The number of hydrogen-bond acceptors (Lipinski definition) is 4. The smallest absolute Gasteiger partial charge is 0.333 e. The van der Waals surface area contributed by atoms with Crippen molar-refractivity contribution in [2.45, 2.75) is 6.92 Å². The molecule has 2 rings (SSSR count). The maximum absolute atomic E-state index is 13.5. The van der Waals surface area contributed by atoms with Crippen LogP contribution in [0.2, 0.25) is 0 Å². The molecule has 0 saturated carbocycles. The first kappa shape index (κ1) is 11.1. The molecule has 2 aromatic rings. The third kappa shape index (κ3) is 1.71. The molecule has 0 aliphatic carbocycles. The first-order chi connectivity index (χ1) is 8.02. The molecular weight excluding hydrogens is 227 g/mol. The van der Waals surface area contributed by atoms with Crippen molar-refractivity contribution in [1.29, 1.82) is 0 Å². The molecule has 6 nitrogen and oxygen atoms in total. The van der Waals surface area contributed by atoms with Gasteiger partial charge in [-0.1, -0.05) is 12.1 Å². The molecule has 0 amide bonds. The summed E-state index contributed by atoms with van der Waals surface area (Å²) in [7, 11) is 0. The van der Waals surface area contributed by atoms with E-state index in [1.54, 1.807) is 6.07 Å². The van der Waals surface area contributed by atoms with E-state index in [0.29, 0.717) is 0 Å². The van der Waals surface area contributed by atoms with Gasteiger partial charge in [0.1, 0.15) is 17.2 Å². The average Bonchev–Trinajstić information content (AvgIpc) is 2.55. The van der Waals surface area contributed by atoms with Gasteiger partial charge in [0.25, 0.3) is 0 Å². The van der Waals surface area contributed by atoms with Crippen molar-refractivity contribution >= 4 is 11.5 Å². The van der Waals surface area contributed by atoms with Gasteiger partial charge in [-0.25, -0.2) is 9.07 Å². The molecule has 0 aliphatic rings. The van der Waals surface area contributed by atoms with Crippen LogP contribution in [0.15, 0.2) is 24.3 Å². The Morgan fingerprint density at radius 2 is 2.12 bits per heavy atom. The van der Waals surface area contributed by atoms with E-state index < -0.39 is 10.7 Å². The fraction of sp³-hybridized carbons (Fsp3) is 0.100. The van der Waals surface area contributed by atoms with Gasteiger partial charge in [0, 0.05) is 0 Å². The van der Waals surface area contributed by atoms with E-state index in [1.807, 2.05) is 0 Å². The number of aromatic nitrogens is 2. The Morgan fingerprint density at radius 3 is 2.65 bits per heavy atom. The molecular formula is C10H9FN4O2. The van der Waals surface area contributed by atoms with Crippen LogP contribution < -0.4 is 5.73 Å². The summed E-state index contributed by atoms with van der Waals surface area (Å²) < 4.78 is 14.5. The number of hydrogen-bond donors (Lipinski definition) is 1. The van der Waals surface area contributed by atoms with Gasteiger partial charge in [0.2, 0.25) is 5.82 Å². The minimum Gasteiger partial charge on any atom is -0.378 e. The lowest BCUT2D eigenvalue weighted by atomic mass is 10.3. The number of rotatable bonds is 2. The Labute approximate surface area is 95.6 Å². The fourth-order valence-corrected chi connectivity index (χ4v) is 1.57. The van der Waals surface area contributed by atoms with Gasteiger partial charge in [-0.05, 0) is 19.1 Å². The normalized spacial score (nSPS) is 10.5. The van der Waals surface area contributed by atoms with Crippen LogP contribution in [0.3, 0.4) is 0 Å². The monoisotopic (exact) mass is 236 g/mol. The lowest BCUT2D eigenvalue weighted by Crippen LogP contribution is -2.04. The third-order valence-corrected chi connectivity index (χ3v) is 2.33. The second-order valence-corrected chi connectivity index (χ2v) is 3.44. The molecule has 0 saturated heterocycles. The highest BCUT2D eigenvalue weighted by molar-refractivity contribution is 5.59. The Bertz CT molecular complexity index is 594. The van der Waals surface area contributed by atoms with Gasteiger partial charge in [-0.15, -0.1) is 0 Å². The van der Waals surface area contributed by atoms with Crippen molar-refractivity contribution in [1.82, 2.24) is 9.78 Å². The quantitative estimate of drug-likeness (QED) is 0.636. The van der Waals surface area contributed by atoms with Crippen LogP contribution in [-0.4, -0.2) is 14.7 Å². The summed E-state index contributed by atoms with van der Waals surface area (Å²) in [5.41, 5.74) is 5.53. The van der Waals surface area contributed by atoms with Crippen LogP contribution in [-0.2, 0) is 0 Å². The Balaban J connectivity index is 2.66. The molecule has 1 aromatic heterocycles. The largest absolute Gasteiger partial charge is 0.378 e. The highest BCUT2D eigenvalue weighted by Gasteiger charge is 2.24. The van der Waals surface area contributed by atoms with Crippen molar-refractivity contribution in [2.24, 2.45) is 0 Å². The van der Waals surface area contributed by atoms with Gasteiger partial charge in [0.05, 0.1) is 4.92 Å². The number of aryl methyl sites for hydroxylation is 1.